The van der Waals surface area contributed by atoms with Gasteiger partial charge in [-0.3, -0.25) is 0 Å². The van der Waals surface area contributed by atoms with Crippen LogP contribution < -0.4 is 5.32 Å². The summed E-state index contributed by atoms with van der Waals surface area (Å²) in [4.78, 5) is 0.609. The summed E-state index contributed by atoms with van der Waals surface area (Å²) >= 11 is 0.586. The van der Waals surface area contributed by atoms with E-state index in [1.165, 1.54) is 32.1 Å². The van der Waals surface area contributed by atoms with E-state index in [9.17, 15) is 8.78 Å². The topological polar surface area (TPSA) is 12.0 Å². The molecule has 1 nitrogen and oxygen atoms in total. The van der Waals surface area contributed by atoms with E-state index in [1.807, 2.05) is 12.1 Å². The highest BCUT2D eigenvalue weighted by molar-refractivity contribution is 7.99. The van der Waals surface area contributed by atoms with Gasteiger partial charge in [0, 0.05) is 16.6 Å². The number of rotatable bonds is 10. The Labute approximate surface area is 125 Å². The molecule has 0 radical (unpaired) electrons. The van der Waals surface area contributed by atoms with Gasteiger partial charge in [0.2, 0.25) is 0 Å². The normalized spacial score (nSPS) is 12.7. The van der Waals surface area contributed by atoms with Crippen LogP contribution in [0.5, 0.6) is 0 Å². The number of thioether (sulfide) groups is 1. The molecule has 0 aliphatic carbocycles. The molecule has 1 N–H and O–H groups in total. The zero-order valence-corrected chi connectivity index (χ0v) is 13.2. The van der Waals surface area contributed by atoms with Crippen LogP contribution in [0, 0.1) is 0 Å². The minimum Gasteiger partial charge on any atom is -0.383 e. The molecular weight excluding hydrogens is 276 g/mol. The van der Waals surface area contributed by atoms with Gasteiger partial charge in [-0.2, -0.15) is 8.78 Å². The number of benzene rings is 1. The number of alkyl halides is 2. The van der Waals surface area contributed by atoms with Gasteiger partial charge in [0.05, 0.1) is 0 Å². The zero-order chi connectivity index (χ0) is 14.8. The van der Waals surface area contributed by atoms with Crippen LogP contribution in [-0.4, -0.2) is 11.8 Å². The van der Waals surface area contributed by atoms with Crippen molar-refractivity contribution < 1.29 is 8.78 Å². The van der Waals surface area contributed by atoms with E-state index in [1.54, 1.807) is 12.1 Å². The molecule has 0 spiro atoms. The number of nitrogens with one attached hydrogen (secondary N) is 1. The largest absolute Gasteiger partial charge is 0.383 e. The third kappa shape index (κ3) is 7.73. The molecule has 0 fully saturated rings. The lowest BCUT2D eigenvalue weighted by molar-refractivity contribution is 0.252. The second-order valence-electron chi connectivity index (χ2n) is 5.15. The summed E-state index contributed by atoms with van der Waals surface area (Å²) in [5.41, 5.74) is 1.00. The predicted molar refractivity (Wildman–Crippen MR) is 84.8 cm³/mol. The van der Waals surface area contributed by atoms with E-state index in [0.29, 0.717) is 22.7 Å². The van der Waals surface area contributed by atoms with Gasteiger partial charge in [-0.15, -0.1) is 0 Å². The molecule has 0 saturated carbocycles. The first-order chi connectivity index (χ1) is 9.61. The number of halogens is 2. The van der Waals surface area contributed by atoms with E-state index in [0.717, 1.165) is 12.1 Å². The number of unbranched alkanes of at least 4 members (excludes halogenated alkanes) is 4. The maximum absolute atomic E-state index is 12.2. The lowest BCUT2D eigenvalue weighted by Gasteiger charge is -2.15. The Morgan fingerprint density at radius 2 is 1.70 bits per heavy atom. The van der Waals surface area contributed by atoms with E-state index in [-0.39, 0.29) is 0 Å². The maximum Gasteiger partial charge on any atom is 0.288 e. The molecule has 0 amide bonds. The van der Waals surface area contributed by atoms with Crippen molar-refractivity contribution in [2.45, 2.75) is 69.1 Å². The Balaban J connectivity index is 2.25. The molecule has 0 saturated heterocycles. The van der Waals surface area contributed by atoms with Crippen LogP contribution in [0.25, 0.3) is 0 Å². The first-order valence-corrected chi connectivity index (χ1v) is 8.31. The van der Waals surface area contributed by atoms with Crippen LogP contribution in [0.3, 0.4) is 0 Å². The predicted octanol–water partition coefficient (Wildman–Crippen LogP) is 6.16. The van der Waals surface area contributed by atoms with E-state index in [4.69, 9.17) is 0 Å². The quantitative estimate of drug-likeness (QED) is 0.410. The smallest absolute Gasteiger partial charge is 0.288 e. The number of hydrogen-bond acceptors (Lipinski definition) is 2. The fourth-order valence-corrected chi connectivity index (χ4v) is 2.64. The lowest BCUT2D eigenvalue weighted by Crippen LogP contribution is -2.14. The van der Waals surface area contributed by atoms with Crippen molar-refractivity contribution in [3.05, 3.63) is 24.3 Å². The van der Waals surface area contributed by atoms with Crippen molar-refractivity contribution in [3.63, 3.8) is 0 Å². The van der Waals surface area contributed by atoms with Crippen molar-refractivity contribution in [2.75, 3.05) is 5.32 Å². The Hall–Kier alpha value is -0.770. The molecule has 0 aromatic heterocycles. The van der Waals surface area contributed by atoms with Crippen molar-refractivity contribution in [1.29, 1.82) is 0 Å². The Bertz CT molecular complexity index is 354. The molecule has 1 rings (SSSR count). The first-order valence-electron chi connectivity index (χ1n) is 7.43. The summed E-state index contributed by atoms with van der Waals surface area (Å²) in [6, 6.07) is 7.65. The van der Waals surface area contributed by atoms with E-state index >= 15 is 0 Å². The third-order valence-electron chi connectivity index (χ3n) is 3.23. The summed E-state index contributed by atoms with van der Waals surface area (Å²) in [6.07, 6.45) is 7.61. The van der Waals surface area contributed by atoms with Gasteiger partial charge in [0.15, 0.2) is 0 Å². The van der Waals surface area contributed by atoms with Crippen molar-refractivity contribution >= 4 is 17.4 Å². The fourth-order valence-electron chi connectivity index (χ4n) is 2.14. The van der Waals surface area contributed by atoms with Crippen LogP contribution in [-0.2, 0) is 0 Å². The summed E-state index contributed by atoms with van der Waals surface area (Å²) in [6.45, 7) is 4.39. The molecule has 1 unspecified atom stereocenters. The SMILES string of the molecule is CCCCCCCC(C)Nc1ccc(SC(F)F)cc1. The maximum atomic E-state index is 12.2. The average molecular weight is 301 g/mol. The second kappa shape index (κ2) is 10.0. The molecule has 4 heteroatoms. The molecule has 1 atom stereocenters. The minimum absolute atomic E-state index is 0.422. The van der Waals surface area contributed by atoms with Crippen LogP contribution in [0.4, 0.5) is 14.5 Å². The molecule has 114 valence electrons. The summed E-state index contributed by atoms with van der Waals surface area (Å²) in [5, 5.41) is 3.42. The zero-order valence-electron chi connectivity index (χ0n) is 12.4. The van der Waals surface area contributed by atoms with E-state index < -0.39 is 5.76 Å². The first kappa shape index (κ1) is 17.3. The molecule has 20 heavy (non-hydrogen) atoms. The van der Waals surface area contributed by atoms with Gasteiger partial charge in [-0.05, 0) is 37.6 Å². The third-order valence-corrected chi connectivity index (χ3v) is 3.96. The van der Waals surface area contributed by atoms with Crippen molar-refractivity contribution in [2.24, 2.45) is 0 Å². The van der Waals surface area contributed by atoms with Gasteiger partial charge in [-0.1, -0.05) is 50.8 Å². The van der Waals surface area contributed by atoms with Crippen molar-refractivity contribution in [3.8, 4) is 0 Å². The Morgan fingerprint density at radius 1 is 1.05 bits per heavy atom. The minimum atomic E-state index is -2.35. The van der Waals surface area contributed by atoms with Gasteiger partial charge < -0.3 is 5.32 Å². The molecule has 0 aliphatic heterocycles. The summed E-state index contributed by atoms with van der Waals surface area (Å²) in [5.74, 6) is -2.35. The summed E-state index contributed by atoms with van der Waals surface area (Å²) < 4.78 is 24.4. The van der Waals surface area contributed by atoms with Gasteiger partial charge in [0.25, 0.3) is 5.76 Å². The number of anilines is 1. The van der Waals surface area contributed by atoms with E-state index in [2.05, 4.69) is 19.2 Å². The average Bonchev–Trinajstić information content (AvgIpc) is 2.40. The monoisotopic (exact) mass is 301 g/mol. The molecule has 0 aliphatic rings. The van der Waals surface area contributed by atoms with Crippen LogP contribution in [0.15, 0.2) is 29.2 Å². The second-order valence-corrected chi connectivity index (χ2v) is 6.21. The fraction of sp³-hybridized carbons (Fsp3) is 0.625. The van der Waals surface area contributed by atoms with Gasteiger partial charge in [-0.25, -0.2) is 0 Å². The van der Waals surface area contributed by atoms with Gasteiger partial charge in [0.1, 0.15) is 0 Å². The molecular formula is C16H25F2NS. The molecule has 1 aromatic carbocycles. The summed E-state index contributed by atoms with van der Waals surface area (Å²) in [7, 11) is 0. The highest BCUT2D eigenvalue weighted by atomic mass is 32.2. The molecule has 1 aromatic rings. The highest BCUT2D eigenvalue weighted by Gasteiger charge is 2.06. The Kier molecular flexibility index (Phi) is 8.67. The standard InChI is InChI=1S/C16H25F2NS/c1-3-4-5-6-7-8-13(2)19-14-9-11-15(12-10-14)20-16(17)18/h9-13,16,19H,3-8H2,1-2H3. The van der Waals surface area contributed by atoms with Crippen LogP contribution >= 0.6 is 11.8 Å². The highest BCUT2D eigenvalue weighted by Crippen LogP contribution is 2.26. The van der Waals surface area contributed by atoms with Crippen LogP contribution in [0.1, 0.15) is 52.4 Å². The molecule has 0 bridgehead atoms. The Morgan fingerprint density at radius 3 is 2.30 bits per heavy atom. The van der Waals surface area contributed by atoms with Crippen molar-refractivity contribution in [1.82, 2.24) is 0 Å². The van der Waals surface area contributed by atoms with Gasteiger partial charge >= 0.3 is 0 Å². The molecule has 0 heterocycles. The lowest BCUT2D eigenvalue weighted by atomic mass is 10.1. The van der Waals surface area contributed by atoms with Crippen LogP contribution in [0.2, 0.25) is 0 Å². The number of hydrogen-bond donors (Lipinski definition) is 1.